The van der Waals surface area contributed by atoms with Crippen LogP contribution in [0, 0.1) is 0 Å². The predicted molar refractivity (Wildman–Crippen MR) is 47.8 cm³/mol. The summed E-state index contributed by atoms with van der Waals surface area (Å²) in [5.41, 5.74) is 0. The molecule has 0 aromatic rings. The number of rotatable bonds is 3. The van der Waals surface area contributed by atoms with Crippen LogP contribution in [-0.2, 0) is 0 Å². The Morgan fingerprint density at radius 3 is 2.55 bits per heavy atom. The van der Waals surface area contributed by atoms with E-state index in [1.807, 2.05) is 0 Å². The van der Waals surface area contributed by atoms with Gasteiger partial charge >= 0.3 is 6.67 Å². The third-order valence-electron chi connectivity index (χ3n) is 2.38. The largest absolute Gasteiger partial charge is 0.334 e. The molecule has 0 amide bonds. The number of hydrogen-bond donors (Lipinski definition) is 0. The molecule has 11 heavy (non-hydrogen) atoms. The first-order chi connectivity index (χ1) is 5.27. The molecule has 0 bridgehead atoms. The molecule has 0 N–H and O–H groups in total. The lowest BCUT2D eigenvalue weighted by molar-refractivity contribution is -0.725. The van der Waals surface area contributed by atoms with E-state index in [1.165, 1.54) is 6.42 Å². The molecule has 1 heterocycles. The molecule has 0 aromatic heterocycles. The van der Waals surface area contributed by atoms with E-state index in [1.54, 1.807) is 0 Å². The second-order valence-corrected chi connectivity index (χ2v) is 3.12. The minimum atomic E-state index is 0.683. The molecule has 1 unspecified atom stereocenters. The normalized spacial score (nSPS) is 19.5. The Morgan fingerprint density at radius 1 is 1.36 bits per heavy atom. The van der Waals surface area contributed by atoms with E-state index < -0.39 is 0 Å². The van der Waals surface area contributed by atoms with Crippen LogP contribution in [0.1, 0.15) is 27.2 Å². The lowest BCUT2D eigenvalue weighted by Crippen LogP contribution is -2.26. The van der Waals surface area contributed by atoms with Crippen LogP contribution in [0.5, 0.6) is 0 Å². The van der Waals surface area contributed by atoms with Crippen molar-refractivity contribution >= 4 is 12.4 Å². The van der Waals surface area contributed by atoms with Gasteiger partial charge in [-0.25, -0.2) is 0 Å². The van der Waals surface area contributed by atoms with Crippen molar-refractivity contribution in [1.29, 1.82) is 0 Å². The van der Waals surface area contributed by atoms with Gasteiger partial charge in [-0.2, -0.15) is 9.15 Å². The second-order valence-electron chi connectivity index (χ2n) is 3.12. The SMILES string of the molecule is CCC(C)[N+]1=CC=[N+](CC)C1. The van der Waals surface area contributed by atoms with Gasteiger partial charge in [-0.05, 0) is 13.8 Å². The van der Waals surface area contributed by atoms with Crippen LogP contribution in [0.4, 0.5) is 0 Å². The summed E-state index contributed by atoms with van der Waals surface area (Å²) in [6.07, 6.45) is 5.59. The maximum Gasteiger partial charge on any atom is 0.334 e. The first-order valence-corrected chi connectivity index (χ1v) is 4.46. The molecule has 1 atom stereocenters. The molecule has 0 aromatic carbocycles. The van der Waals surface area contributed by atoms with Crippen molar-refractivity contribution in [2.24, 2.45) is 0 Å². The van der Waals surface area contributed by atoms with E-state index in [0.29, 0.717) is 6.04 Å². The minimum Gasteiger partial charge on any atom is -0.173 e. The lowest BCUT2D eigenvalue weighted by atomic mass is 10.2. The Bertz CT molecular complexity index is 192. The second kappa shape index (κ2) is 3.65. The summed E-state index contributed by atoms with van der Waals surface area (Å²) in [5, 5.41) is 0. The molecule has 0 spiro atoms. The van der Waals surface area contributed by atoms with Crippen molar-refractivity contribution in [3.05, 3.63) is 0 Å². The molecule has 0 saturated carbocycles. The Balaban J connectivity index is 2.45. The highest BCUT2D eigenvalue weighted by Crippen LogP contribution is 1.97. The Hall–Kier alpha value is -0.660. The highest BCUT2D eigenvalue weighted by molar-refractivity contribution is 6.11. The summed E-state index contributed by atoms with van der Waals surface area (Å²) in [6, 6.07) is 0.683. The van der Waals surface area contributed by atoms with Crippen molar-refractivity contribution in [3.8, 4) is 0 Å². The van der Waals surface area contributed by atoms with Crippen LogP contribution in [0.15, 0.2) is 0 Å². The molecule has 2 nitrogen and oxygen atoms in total. The summed E-state index contributed by atoms with van der Waals surface area (Å²) in [7, 11) is 0. The molecule has 1 aliphatic rings. The van der Waals surface area contributed by atoms with Crippen LogP contribution in [0.3, 0.4) is 0 Å². The molecule has 62 valence electrons. The lowest BCUT2D eigenvalue weighted by Gasteiger charge is -2.02. The third kappa shape index (κ3) is 1.88. The van der Waals surface area contributed by atoms with Gasteiger partial charge in [0.15, 0.2) is 6.04 Å². The van der Waals surface area contributed by atoms with Gasteiger partial charge in [0, 0.05) is 6.42 Å². The predicted octanol–water partition coefficient (Wildman–Crippen LogP) is 0.942. The zero-order chi connectivity index (χ0) is 8.27. The highest BCUT2D eigenvalue weighted by Gasteiger charge is 2.22. The van der Waals surface area contributed by atoms with Gasteiger partial charge in [-0.15, -0.1) is 0 Å². The number of hydrogen-bond acceptors (Lipinski definition) is 0. The highest BCUT2D eigenvalue weighted by atomic mass is 15.2. The third-order valence-corrected chi connectivity index (χ3v) is 2.38. The summed E-state index contributed by atoms with van der Waals surface area (Å²) in [5.74, 6) is 0. The van der Waals surface area contributed by atoms with Crippen LogP contribution >= 0.6 is 0 Å². The van der Waals surface area contributed by atoms with Crippen LogP contribution in [0.25, 0.3) is 0 Å². The Kier molecular flexibility index (Phi) is 2.80. The smallest absolute Gasteiger partial charge is 0.173 e. The van der Waals surface area contributed by atoms with Gasteiger partial charge in [-0.3, -0.25) is 0 Å². The maximum atomic E-state index is 2.38. The van der Waals surface area contributed by atoms with Gasteiger partial charge in [0.1, 0.15) is 6.54 Å². The fourth-order valence-corrected chi connectivity index (χ4v) is 1.21. The van der Waals surface area contributed by atoms with Gasteiger partial charge in [0.25, 0.3) is 0 Å². The van der Waals surface area contributed by atoms with Crippen LogP contribution in [-0.4, -0.2) is 40.8 Å². The van der Waals surface area contributed by atoms with Crippen molar-refractivity contribution in [2.75, 3.05) is 13.2 Å². The topological polar surface area (TPSA) is 6.02 Å². The monoisotopic (exact) mass is 154 g/mol. The summed E-state index contributed by atoms with van der Waals surface area (Å²) in [6.45, 7) is 8.87. The van der Waals surface area contributed by atoms with Crippen LogP contribution < -0.4 is 0 Å². The van der Waals surface area contributed by atoms with Gasteiger partial charge in [-0.1, -0.05) is 6.92 Å². The number of nitrogens with zero attached hydrogens (tertiary/aromatic N) is 2. The Labute approximate surface area is 68.9 Å². The van der Waals surface area contributed by atoms with Gasteiger partial charge < -0.3 is 0 Å². The first kappa shape index (κ1) is 8.44. The Morgan fingerprint density at radius 2 is 2.09 bits per heavy atom. The van der Waals surface area contributed by atoms with E-state index in [4.69, 9.17) is 0 Å². The minimum absolute atomic E-state index is 0.683. The quantitative estimate of drug-likeness (QED) is 0.534. The fraction of sp³-hybridized carbons (Fsp3) is 0.778. The van der Waals surface area contributed by atoms with Crippen molar-refractivity contribution in [2.45, 2.75) is 33.2 Å². The molecule has 0 fully saturated rings. The molecule has 0 saturated heterocycles. The summed E-state index contributed by atoms with van der Waals surface area (Å²) < 4.78 is 4.69. The fourth-order valence-electron chi connectivity index (χ4n) is 1.21. The zero-order valence-corrected chi connectivity index (χ0v) is 7.75. The van der Waals surface area contributed by atoms with Gasteiger partial charge in [0.05, 0.1) is 0 Å². The maximum absolute atomic E-state index is 2.38. The average molecular weight is 154 g/mol. The summed E-state index contributed by atoms with van der Waals surface area (Å²) >= 11 is 0. The standard InChI is InChI=1S/C9H18N2/c1-4-9(3)11-7-6-10(5-2)8-11/h6-7,9H,4-5,8H2,1-3H3/q+2. The molecule has 0 aliphatic carbocycles. The van der Waals surface area contributed by atoms with Crippen LogP contribution in [0.2, 0.25) is 0 Å². The molecular weight excluding hydrogens is 136 g/mol. The van der Waals surface area contributed by atoms with E-state index in [-0.39, 0.29) is 0 Å². The summed E-state index contributed by atoms with van der Waals surface area (Å²) in [4.78, 5) is 0. The molecule has 2 heteroatoms. The average Bonchev–Trinajstić information content (AvgIpc) is 2.50. The molecular formula is C9H18N2+2. The van der Waals surface area contributed by atoms with Crippen molar-refractivity contribution in [3.63, 3.8) is 0 Å². The van der Waals surface area contributed by atoms with Gasteiger partial charge in [0.2, 0.25) is 12.4 Å². The molecule has 1 aliphatic heterocycles. The van der Waals surface area contributed by atoms with Crippen molar-refractivity contribution in [1.82, 2.24) is 0 Å². The molecule has 0 radical (unpaired) electrons. The van der Waals surface area contributed by atoms with E-state index in [2.05, 4.69) is 42.4 Å². The van der Waals surface area contributed by atoms with E-state index >= 15 is 0 Å². The van der Waals surface area contributed by atoms with E-state index in [0.717, 1.165) is 13.2 Å². The van der Waals surface area contributed by atoms with E-state index in [9.17, 15) is 0 Å². The zero-order valence-electron chi connectivity index (χ0n) is 7.75. The first-order valence-electron chi connectivity index (χ1n) is 4.46. The van der Waals surface area contributed by atoms with Crippen molar-refractivity contribution < 1.29 is 9.15 Å². The molecule has 1 rings (SSSR count).